The van der Waals surface area contributed by atoms with Crippen molar-refractivity contribution in [3.05, 3.63) is 35.4 Å². The van der Waals surface area contributed by atoms with Crippen LogP contribution in [-0.2, 0) is 16.1 Å². The monoisotopic (exact) mass is 435 g/mol. The maximum atomic E-state index is 14.0. The number of hydrogen-bond acceptors (Lipinski definition) is 4. The van der Waals surface area contributed by atoms with Gasteiger partial charge in [-0.3, -0.25) is 24.4 Å². The van der Waals surface area contributed by atoms with Gasteiger partial charge >= 0.3 is 0 Å². The second-order valence-corrected chi connectivity index (χ2v) is 7.97. The Bertz CT molecular complexity index is 781. The van der Waals surface area contributed by atoms with Crippen molar-refractivity contribution in [2.45, 2.75) is 51.6 Å². The number of benzene rings is 1. The van der Waals surface area contributed by atoms with Crippen LogP contribution in [0.1, 0.15) is 44.6 Å². The van der Waals surface area contributed by atoms with Crippen molar-refractivity contribution in [2.24, 2.45) is 4.99 Å². The first-order chi connectivity index (χ1) is 15.0. The summed E-state index contributed by atoms with van der Waals surface area (Å²) in [6.45, 7) is 4.87. The largest absolute Gasteiger partial charge is 0.357 e. The number of nitrogens with one attached hydrogen (secondary N) is 2. The van der Waals surface area contributed by atoms with E-state index < -0.39 is 11.6 Å². The number of likely N-dealkylation sites (tertiary alicyclic amines) is 2. The molecule has 0 bridgehead atoms. The van der Waals surface area contributed by atoms with Crippen LogP contribution in [0.2, 0.25) is 0 Å². The first-order valence-electron chi connectivity index (χ1n) is 11.0. The summed E-state index contributed by atoms with van der Waals surface area (Å²) in [6.07, 6.45) is 3.27. The molecule has 0 aliphatic carbocycles. The smallest absolute Gasteiger partial charge is 0.229 e. The fraction of sp³-hybridized carbons (Fsp3) is 0.591. The summed E-state index contributed by atoms with van der Waals surface area (Å²) in [5, 5.41) is 6.57. The van der Waals surface area contributed by atoms with E-state index in [2.05, 4.69) is 15.6 Å². The molecule has 1 unspecified atom stereocenters. The second-order valence-electron chi connectivity index (χ2n) is 7.97. The summed E-state index contributed by atoms with van der Waals surface area (Å²) < 4.78 is 28.0. The van der Waals surface area contributed by atoms with Crippen LogP contribution in [0, 0.1) is 11.6 Å². The molecule has 0 spiro atoms. The molecule has 0 aromatic heterocycles. The van der Waals surface area contributed by atoms with E-state index in [1.165, 1.54) is 23.1 Å². The van der Waals surface area contributed by atoms with Gasteiger partial charge in [-0.15, -0.1) is 0 Å². The van der Waals surface area contributed by atoms with E-state index >= 15 is 0 Å². The Kier molecular flexibility index (Phi) is 8.34. The molecule has 2 N–H and O–H groups in total. The molecule has 31 heavy (non-hydrogen) atoms. The summed E-state index contributed by atoms with van der Waals surface area (Å²) in [5.41, 5.74) is 0.0968. The lowest BCUT2D eigenvalue weighted by atomic mass is 10.0. The van der Waals surface area contributed by atoms with Crippen LogP contribution in [0.4, 0.5) is 8.78 Å². The fourth-order valence-corrected chi connectivity index (χ4v) is 4.05. The number of carbonyl (C=O) groups excluding carboxylic acids is 2. The van der Waals surface area contributed by atoms with Gasteiger partial charge in [-0.25, -0.2) is 8.78 Å². The van der Waals surface area contributed by atoms with E-state index in [1.807, 2.05) is 11.8 Å². The van der Waals surface area contributed by atoms with Crippen LogP contribution >= 0.6 is 0 Å². The SMILES string of the molecule is CCNC(=NCCN1C(=O)CCCC1=O)NC1CCCN(Cc2c(F)cccc2F)C1. The summed E-state index contributed by atoms with van der Waals surface area (Å²) >= 11 is 0. The Labute approximate surface area is 181 Å². The molecule has 9 heteroatoms. The van der Waals surface area contributed by atoms with Gasteiger partial charge in [-0.2, -0.15) is 0 Å². The average Bonchev–Trinajstić information content (AvgIpc) is 2.73. The number of hydrogen-bond donors (Lipinski definition) is 2. The van der Waals surface area contributed by atoms with Crippen molar-refractivity contribution in [1.29, 1.82) is 0 Å². The summed E-state index contributed by atoms with van der Waals surface area (Å²) in [6, 6.07) is 4.02. The zero-order valence-electron chi connectivity index (χ0n) is 18.0. The number of piperidine rings is 2. The molecule has 2 aliphatic rings. The molecule has 1 aromatic carbocycles. The van der Waals surface area contributed by atoms with Gasteiger partial charge in [0, 0.05) is 50.6 Å². The number of guanidine groups is 1. The first-order valence-corrected chi connectivity index (χ1v) is 11.0. The second kappa shape index (κ2) is 11.2. The lowest BCUT2D eigenvalue weighted by molar-refractivity contribution is -0.147. The van der Waals surface area contributed by atoms with E-state index in [0.29, 0.717) is 44.9 Å². The van der Waals surface area contributed by atoms with Crippen molar-refractivity contribution in [1.82, 2.24) is 20.4 Å². The molecule has 0 saturated carbocycles. The molecular weight excluding hydrogens is 404 g/mol. The molecule has 7 nitrogen and oxygen atoms in total. The fourth-order valence-electron chi connectivity index (χ4n) is 4.05. The molecule has 170 valence electrons. The molecule has 2 aliphatic heterocycles. The van der Waals surface area contributed by atoms with Crippen LogP contribution in [0.5, 0.6) is 0 Å². The van der Waals surface area contributed by atoms with E-state index in [9.17, 15) is 18.4 Å². The molecule has 1 aromatic rings. The van der Waals surface area contributed by atoms with Gasteiger partial charge in [-0.05, 0) is 44.9 Å². The van der Waals surface area contributed by atoms with Crippen molar-refractivity contribution < 1.29 is 18.4 Å². The van der Waals surface area contributed by atoms with Crippen LogP contribution in [0.25, 0.3) is 0 Å². The summed E-state index contributed by atoms with van der Waals surface area (Å²) in [7, 11) is 0. The van der Waals surface area contributed by atoms with Crippen molar-refractivity contribution in [3.63, 3.8) is 0 Å². The normalized spacial score (nSPS) is 20.8. The minimum Gasteiger partial charge on any atom is -0.357 e. The highest BCUT2D eigenvalue weighted by Gasteiger charge is 2.25. The highest BCUT2D eigenvalue weighted by molar-refractivity contribution is 5.97. The third-order valence-corrected chi connectivity index (χ3v) is 5.61. The topological polar surface area (TPSA) is 77.0 Å². The Balaban J connectivity index is 1.55. The molecule has 0 radical (unpaired) electrons. The number of carbonyl (C=O) groups is 2. The maximum absolute atomic E-state index is 14.0. The average molecular weight is 436 g/mol. The van der Waals surface area contributed by atoms with E-state index in [0.717, 1.165) is 19.4 Å². The van der Waals surface area contributed by atoms with E-state index in [1.54, 1.807) is 0 Å². The van der Waals surface area contributed by atoms with Gasteiger partial charge in [0.1, 0.15) is 11.6 Å². The van der Waals surface area contributed by atoms with Crippen LogP contribution < -0.4 is 10.6 Å². The minimum absolute atomic E-state index is 0.0830. The van der Waals surface area contributed by atoms with E-state index in [4.69, 9.17) is 0 Å². The molecule has 3 rings (SSSR count). The lowest BCUT2D eigenvalue weighted by Crippen LogP contribution is -2.51. The van der Waals surface area contributed by atoms with Gasteiger partial charge in [0.05, 0.1) is 6.54 Å². The lowest BCUT2D eigenvalue weighted by Gasteiger charge is -2.34. The summed E-state index contributed by atoms with van der Waals surface area (Å²) in [4.78, 5) is 31.7. The number of aliphatic imine (C=N–C) groups is 1. The van der Waals surface area contributed by atoms with Crippen molar-refractivity contribution >= 4 is 17.8 Å². The Hall–Kier alpha value is -2.55. The number of halogens is 2. The van der Waals surface area contributed by atoms with Gasteiger partial charge in [0.15, 0.2) is 5.96 Å². The molecule has 2 amide bonds. The number of nitrogens with zero attached hydrogens (tertiary/aromatic N) is 3. The Morgan fingerprint density at radius 3 is 2.55 bits per heavy atom. The first kappa shape index (κ1) is 23.1. The number of rotatable bonds is 7. The number of amides is 2. The maximum Gasteiger partial charge on any atom is 0.229 e. The quantitative estimate of drug-likeness (QED) is 0.389. The van der Waals surface area contributed by atoms with Crippen LogP contribution in [0.3, 0.4) is 0 Å². The van der Waals surface area contributed by atoms with Crippen molar-refractivity contribution in [3.8, 4) is 0 Å². The minimum atomic E-state index is -0.521. The predicted molar refractivity (Wildman–Crippen MR) is 114 cm³/mol. The Morgan fingerprint density at radius 1 is 1.16 bits per heavy atom. The molecular formula is C22H31F2N5O2. The molecule has 1 atom stereocenters. The molecule has 2 fully saturated rings. The molecule has 2 heterocycles. The van der Waals surface area contributed by atoms with Gasteiger partial charge in [-0.1, -0.05) is 6.07 Å². The Morgan fingerprint density at radius 2 is 1.87 bits per heavy atom. The third kappa shape index (κ3) is 6.46. The molecule has 2 saturated heterocycles. The predicted octanol–water partition coefficient (Wildman–Crippen LogP) is 2.02. The van der Waals surface area contributed by atoms with Gasteiger partial charge in [0.25, 0.3) is 0 Å². The van der Waals surface area contributed by atoms with Crippen molar-refractivity contribution in [2.75, 3.05) is 32.7 Å². The van der Waals surface area contributed by atoms with Crippen LogP contribution in [-0.4, -0.2) is 66.3 Å². The standard InChI is InChI=1S/C22H31F2N5O2/c1-2-25-22(26-11-13-29-20(30)9-4-10-21(29)31)27-16-6-5-12-28(14-16)15-17-18(23)7-3-8-19(17)24/h3,7-8,16H,2,4-6,9-15H2,1H3,(H2,25,26,27). The highest BCUT2D eigenvalue weighted by Crippen LogP contribution is 2.18. The zero-order chi connectivity index (χ0) is 22.2. The number of imide groups is 1. The third-order valence-electron chi connectivity index (χ3n) is 5.61. The van der Waals surface area contributed by atoms with Gasteiger partial charge in [0.2, 0.25) is 11.8 Å². The van der Waals surface area contributed by atoms with Crippen LogP contribution in [0.15, 0.2) is 23.2 Å². The highest BCUT2D eigenvalue weighted by atomic mass is 19.1. The summed E-state index contributed by atoms with van der Waals surface area (Å²) in [5.74, 6) is -0.692. The van der Waals surface area contributed by atoms with E-state index in [-0.39, 0.29) is 36.5 Å². The zero-order valence-corrected chi connectivity index (χ0v) is 18.0. The van der Waals surface area contributed by atoms with Gasteiger partial charge < -0.3 is 10.6 Å².